The van der Waals surface area contributed by atoms with Gasteiger partial charge in [-0.05, 0) is 31.9 Å². The highest BCUT2D eigenvalue weighted by Crippen LogP contribution is 2.08. The first-order chi connectivity index (χ1) is 14.8. The maximum absolute atomic E-state index is 12.3. The smallest absolute Gasteiger partial charge is 0.410 e. The highest BCUT2D eigenvalue weighted by Gasteiger charge is 2.25. The quantitative estimate of drug-likeness (QED) is 0.0971. The number of ether oxygens (including phenoxy) is 1. The Balaban J connectivity index is 2.50. The Hall–Kier alpha value is -3.67. The molecule has 0 radical (unpaired) electrons. The lowest BCUT2D eigenvalue weighted by Gasteiger charge is -2.21. The molecular formula is C19H28N6O6. The Kier molecular flexibility index (Phi) is 11.1. The minimum Gasteiger partial charge on any atom is -0.410 e. The first-order valence-corrected chi connectivity index (χ1v) is 9.52. The van der Waals surface area contributed by atoms with Crippen LogP contribution in [-0.4, -0.2) is 66.5 Å². The van der Waals surface area contributed by atoms with Crippen molar-refractivity contribution in [3.05, 3.63) is 30.3 Å². The van der Waals surface area contributed by atoms with Crippen LogP contribution in [0.25, 0.3) is 0 Å². The fourth-order valence-electron chi connectivity index (χ4n) is 2.34. The van der Waals surface area contributed by atoms with Gasteiger partial charge in [-0.25, -0.2) is 4.79 Å². The Morgan fingerprint density at radius 1 is 1.13 bits per heavy atom. The second kappa shape index (κ2) is 13.5. The summed E-state index contributed by atoms with van der Waals surface area (Å²) in [5.74, 6) is -1.23. The van der Waals surface area contributed by atoms with Gasteiger partial charge in [-0.2, -0.15) is 0 Å². The molecule has 0 aliphatic rings. The van der Waals surface area contributed by atoms with E-state index in [2.05, 4.69) is 20.9 Å². The molecule has 31 heavy (non-hydrogen) atoms. The number of aliphatic imine (C=N–C) groups is 1. The predicted molar refractivity (Wildman–Crippen MR) is 112 cm³/mol. The lowest BCUT2D eigenvalue weighted by atomic mass is 10.1. The first kappa shape index (κ1) is 25.4. The number of amides is 3. The number of aldehydes is 1. The van der Waals surface area contributed by atoms with E-state index < -0.39 is 42.6 Å². The van der Waals surface area contributed by atoms with Gasteiger partial charge in [0.2, 0.25) is 11.8 Å². The number of guanidine groups is 1. The summed E-state index contributed by atoms with van der Waals surface area (Å²) in [4.78, 5) is 51.3. The van der Waals surface area contributed by atoms with E-state index in [1.165, 1.54) is 6.92 Å². The van der Waals surface area contributed by atoms with Crippen molar-refractivity contribution in [3.63, 3.8) is 0 Å². The van der Waals surface area contributed by atoms with Gasteiger partial charge in [-0.1, -0.05) is 18.2 Å². The van der Waals surface area contributed by atoms with E-state index in [4.69, 9.17) is 16.2 Å². The van der Waals surface area contributed by atoms with Crippen LogP contribution in [0.15, 0.2) is 35.3 Å². The van der Waals surface area contributed by atoms with E-state index in [0.717, 1.165) is 0 Å². The number of nitrogens with one attached hydrogen (secondary N) is 3. The number of aliphatic hydroxyl groups is 1. The van der Waals surface area contributed by atoms with E-state index in [-0.39, 0.29) is 11.7 Å². The summed E-state index contributed by atoms with van der Waals surface area (Å²) in [5, 5.41) is 16.5. The summed E-state index contributed by atoms with van der Waals surface area (Å²) in [5.41, 5.74) is 10.4. The fourth-order valence-corrected chi connectivity index (χ4v) is 2.34. The highest BCUT2D eigenvalue weighted by atomic mass is 16.6. The van der Waals surface area contributed by atoms with Gasteiger partial charge < -0.3 is 42.1 Å². The van der Waals surface area contributed by atoms with Gasteiger partial charge >= 0.3 is 6.09 Å². The fraction of sp³-hybridized carbons (Fsp3) is 0.421. The number of carbonyl (C=O) groups excluding carboxylic acids is 4. The molecule has 0 heterocycles. The van der Waals surface area contributed by atoms with E-state index in [0.29, 0.717) is 25.7 Å². The number of nitrogens with zero attached hydrogens (tertiary/aromatic N) is 1. The number of rotatable bonds is 12. The highest BCUT2D eigenvalue weighted by molar-refractivity contribution is 5.92. The Bertz CT molecular complexity index is 768. The summed E-state index contributed by atoms with van der Waals surface area (Å²) < 4.78 is 4.99. The predicted octanol–water partition coefficient (Wildman–Crippen LogP) is -1.62. The molecule has 0 spiro atoms. The summed E-state index contributed by atoms with van der Waals surface area (Å²) in [6, 6.07) is 4.98. The van der Waals surface area contributed by atoms with E-state index in [1.807, 2.05) is 0 Å². The molecule has 0 aromatic heterocycles. The molecule has 12 heteroatoms. The molecular weight excluding hydrogens is 408 g/mol. The van der Waals surface area contributed by atoms with Crippen LogP contribution in [0.3, 0.4) is 0 Å². The molecule has 0 fully saturated rings. The monoisotopic (exact) mass is 436 g/mol. The van der Waals surface area contributed by atoms with Gasteiger partial charge in [0, 0.05) is 6.54 Å². The van der Waals surface area contributed by atoms with Crippen molar-refractivity contribution in [2.45, 2.75) is 37.9 Å². The molecule has 0 bridgehead atoms. The van der Waals surface area contributed by atoms with Crippen molar-refractivity contribution in [2.75, 3.05) is 13.2 Å². The van der Waals surface area contributed by atoms with Crippen LogP contribution < -0.4 is 32.2 Å². The van der Waals surface area contributed by atoms with Crippen molar-refractivity contribution in [3.8, 4) is 5.75 Å². The lowest BCUT2D eigenvalue weighted by molar-refractivity contribution is -0.131. The zero-order valence-corrected chi connectivity index (χ0v) is 17.1. The molecule has 8 N–H and O–H groups in total. The van der Waals surface area contributed by atoms with Gasteiger partial charge in [-0.3, -0.25) is 14.6 Å². The third kappa shape index (κ3) is 10.1. The van der Waals surface area contributed by atoms with E-state index in [9.17, 15) is 24.3 Å². The van der Waals surface area contributed by atoms with Gasteiger partial charge in [0.25, 0.3) is 0 Å². The second-order valence-electron chi connectivity index (χ2n) is 6.51. The number of para-hydroxylation sites is 1. The Morgan fingerprint density at radius 2 is 1.81 bits per heavy atom. The van der Waals surface area contributed by atoms with E-state index in [1.54, 1.807) is 30.3 Å². The number of nitrogens with two attached hydrogens (primary N) is 2. The third-order valence-electron chi connectivity index (χ3n) is 3.96. The molecule has 0 saturated carbocycles. The molecule has 2 unspecified atom stereocenters. The molecule has 0 aliphatic heterocycles. The number of hydrogen-bond acceptors (Lipinski definition) is 7. The average Bonchev–Trinajstić information content (AvgIpc) is 2.74. The van der Waals surface area contributed by atoms with Crippen LogP contribution in [0.4, 0.5) is 4.79 Å². The molecule has 3 atom stereocenters. The normalized spacial score (nSPS) is 13.1. The summed E-state index contributed by atoms with van der Waals surface area (Å²) >= 11 is 0. The topological polar surface area (TPSA) is 198 Å². The minimum atomic E-state index is -1.34. The summed E-state index contributed by atoms with van der Waals surface area (Å²) in [7, 11) is 0. The molecule has 3 amide bonds. The average molecular weight is 436 g/mol. The molecule has 12 nitrogen and oxygen atoms in total. The van der Waals surface area contributed by atoms with Crippen LogP contribution in [0.2, 0.25) is 0 Å². The lowest BCUT2D eigenvalue weighted by Crippen LogP contribution is -2.55. The van der Waals surface area contributed by atoms with Crippen LogP contribution >= 0.6 is 0 Å². The van der Waals surface area contributed by atoms with Crippen molar-refractivity contribution < 1.29 is 29.0 Å². The number of aliphatic hydroxyl groups excluding tert-OH is 1. The number of carbonyl (C=O) groups is 4. The van der Waals surface area contributed by atoms with Crippen LogP contribution in [0, 0.1) is 0 Å². The van der Waals surface area contributed by atoms with Gasteiger partial charge in [0.05, 0.1) is 12.6 Å². The summed E-state index contributed by atoms with van der Waals surface area (Å²) in [6.45, 7) is 0.981. The zero-order valence-electron chi connectivity index (χ0n) is 17.1. The molecule has 1 aromatic rings. The Morgan fingerprint density at radius 3 is 2.39 bits per heavy atom. The van der Waals surface area contributed by atoms with Crippen LogP contribution in [0.1, 0.15) is 19.8 Å². The van der Waals surface area contributed by atoms with Crippen molar-refractivity contribution >= 4 is 30.2 Å². The van der Waals surface area contributed by atoms with Crippen LogP contribution in [0.5, 0.6) is 5.75 Å². The third-order valence-corrected chi connectivity index (χ3v) is 3.96. The Labute approximate surface area is 179 Å². The molecule has 0 saturated heterocycles. The maximum atomic E-state index is 12.3. The van der Waals surface area contributed by atoms with Gasteiger partial charge in [-0.15, -0.1) is 0 Å². The van der Waals surface area contributed by atoms with Gasteiger partial charge in [0.1, 0.15) is 24.1 Å². The largest absolute Gasteiger partial charge is 0.413 e. The number of hydrogen-bond donors (Lipinski definition) is 6. The second-order valence-corrected chi connectivity index (χ2v) is 6.51. The van der Waals surface area contributed by atoms with E-state index >= 15 is 0 Å². The molecule has 0 aliphatic carbocycles. The number of benzene rings is 1. The zero-order chi connectivity index (χ0) is 23.2. The SMILES string of the molecule is C[C@H](NC(=O)C(CO)NC(=O)Oc1ccccc1)C(=O)NC(C=O)CCCN=C(N)N. The summed E-state index contributed by atoms with van der Waals surface area (Å²) in [6.07, 6.45) is 0.389. The van der Waals surface area contributed by atoms with Crippen LogP contribution in [-0.2, 0) is 14.4 Å². The molecule has 1 aromatic carbocycles. The van der Waals surface area contributed by atoms with Crippen molar-refractivity contribution in [1.82, 2.24) is 16.0 Å². The molecule has 1 rings (SSSR count). The van der Waals surface area contributed by atoms with Gasteiger partial charge in [0.15, 0.2) is 5.96 Å². The minimum absolute atomic E-state index is 0.0669. The molecule has 170 valence electrons. The van der Waals surface area contributed by atoms with Crippen molar-refractivity contribution in [2.24, 2.45) is 16.5 Å². The van der Waals surface area contributed by atoms with Crippen molar-refractivity contribution in [1.29, 1.82) is 0 Å². The first-order valence-electron chi connectivity index (χ1n) is 9.52. The maximum Gasteiger partial charge on any atom is 0.413 e. The standard InChI is InChI=1S/C19H28N6O6/c1-12(16(28)24-13(10-26)6-5-9-22-18(20)21)23-17(29)15(11-27)25-19(30)31-14-7-3-2-4-8-14/h2-4,7-8,10,12-13,15,27H,5-6,9,11H2,1H3,(H,23,29)(H,24,28)(H,25,30)(H4,20,21,22)/t12-,13?,15?/m0/s1.